The van der Waals surface area contributed by atoms with Crippen LogP contribution in [0.1, 0.15) is 43.0 Å². The number of benzene rings is 1. The van der Waals surface area contributed by atoms with Gasteiger partial charge >= 0.3 is 0 Å². The molecule has 1 heterocycles. The highest BCUT2D eigenvalue weighted by molar-refractivity contribution is 5.92. The van der Waals surface area contributed by atoms with Gasteiger partial charge in [0, 0.05) is 25.2 Å². The molecule has 2 fully saturated rings. The number of amides is 1. The summed E-state index contributed by atoms with van der Waals surface area (Å²) in [6.07, 6.45) is 4.55. The number of carbonyl (C=O) groups is 1. The maximum atomic E-state index is 11.0. The van der Waals surface area contributed by atoms with Crippen LogP contribution in [0.5, 0.6) is 5.75 Å². The molecule has 0 unspecified atom stereocenters. The number of primary amides is 1. The molecule has 1 aromatic rings. The highest BCUT2D eigenvalue weighted by Gasteiger charge is 2.49. The molecule has 2 atom stereocenters. The minimum atomic E-state index is -0.482. The number of rotatable bonds is 7. The first-order valence-electron chi connectivity index (χ1n) is 8.96. The number of nitrogens with zero attached hydrogens (tertiary/aromatic N) is 1. The summed E-state index contributed by atoms with van der Waals surface area (Å²) in [5, 5.41) is 10.9. The summed E-state index contributed by atoms with van der Waals surface area (Å²) in [5.74, 6) is 1.17. The molecule has 2 aliphatic rings. The molecule has 24 heavy (non-hydrogen) atoms. The fraction of sp³-hybridized carbons (Fsp3) is 0.632. The largest absolute Gasteiger partial charge is 0.494 e. The van der Waals surface area contributed by atoms with Crippen LogP contribution in [-0.2, 0) is 0 Å². The van der Waals surface area contributed by atoms with E-state index in [2.05, 4.69) is 11.8 Å². The average molecular weight is 332 g/mol. The van der Waals surface area contributed by atoms with Gasteiger partial charge in [0.2, 0.25) is 5.91 Å². The summed E-state index contributed by atoms with van der Waals surface area (Å²) in [4.78, 5) is 13.4. The number of aliphatic hydroxyl groups is 1. The molecule has 3 N–H and O–H groups in total. The second kappa shape index (κ2) is 7.11. The van der Waals surface area contributed by atoms with Crippen molar-refractivity contribution in [3.63, 3.8) is 0 Å². The standard InChI is InChI=1S/C19H28N2O3/c1-14-12-21(13-19(14,23)16-4-2-5-16)10-3-11-24-17-8-6-15(7-9-17)18(20)22/h6-9,14,16,23H,2-5,10-13H2,1H3,(H2,20,22)/t14-,19+/m1/s1. The Morgan fingerprint density at radius 3 is 2.67 bits per heavy atom. The fourth-order valence-electron chi connectivity index (χ4n) is 3.93. The molecular weight excluding hydrogens is 304 g/mol. The van der Waals surface area contributed by atoms with Crippen molar-refractivity contribution in [3.8, 4) is 5.75 Å². The zero-order chi connectivity index (χ0) is 17.2. The van der Waals surface area contributed by atoms with E-state index >= 15 is 0 Å². The van der Waals surface area contributed by atoms with Crippen molar-refractivity contribution >= 4 is 5.91 Å². The van der Waals surface area contributed by atoms with E-state index in [1.807, 2.05) is 0 Å². The van der Waals surface area contributed by atoms with Crippen molar-refractivity contribution in [2.75, 3.05) is 26.2 Å². The third kappa shape index (κ3) is 3.57. The van der Waals surface area contributed by atoms with Crippen LogP contribution < -0.4 is 10.5 Å². The van der Waals surface area contributed by atoms with Crippen molar-refractivity contribution in [2.45, 2.75) is 38.2 Å². The van der Waals surface area contributed by atoms with Crippen LogP contribution >= 0.6 is 0 Å². The third-order valence-electron chi connectivity index (χ3n) is 5.70. The topological polar surface area (TPSA) is 75.8 Å². The first-order valence-corrected chi connectivity index (χ1v) is 8.96. The number of hydrogen-bond donors (Lipinski definition) is 2. The minimum absolute atomic E-state index is 0.352. The zero-order valence-electron chi connectivity index (χ0n) is 14.4. The van der Waals surface area contributed by atoms with Gasteiger partial charge in [-0.25, -0.2) is 0 Å². The van der Waals surface area contributed by atoms with Gasteiger partial charge in [0.25, 0.3) is 0 Å². The first kappa shape index (κ1) is 17.2. The van der Waals surface area contributed by atoms with Crippen molar-refractivity contribution in [1.29, 1.82) is 0 Å². The lowest BCUT2D eigenvalue weighted by atomic mass is 9.69. The Hall–Kier alpha value is -1.59. The lowest BCUT2D eigenvalue weighted by Gasteiger charge is -2.41. The Morgan fingerprint density at radius 2 is 2.08 bits per heavy atom. The van der Waals surface area contributed by atoms with E-state index in [0.29, 0.717) is 24.0 Å². The van der Waals surface area contributed by atoms with Crippen LogP contribution in [0.3, 0.4) is 0 Å². The van der Waals surface area contributed by atoms with Crippen LogP contribution in [0.2, 0.25) is 0 Å². The molecular formula is C19H28N2O3. The van der Waals surface area contributed by atoms with Crippen LogP contribution in [0, 0.1) is 11.8 Å². The Labute approximate surface area is 143 Å². The van der Waals surface area contributed by atoms with Gasteiger partial charge in [-0.05, 0) is 55.4 Å². The van der Waals surface area contributed by atoms with Gasteiger partial charge in [0.15, 0.2) is 0 Å². The lowest BCUT2D eigenvalue weighted by molar-refractivity contribution is -0.0670. The first-order chi connectivity index (χ1) is 11.5. The normalized spacial score (nSPS) is 27.8. The smallest absolute Gasteiger partial charge is 0.248 e. The van der Waals surface area contributed by atoms with Gasteiger partial charge in [-0.3, -0.25) is 9.69 Å². The van der Waals surface area contributed by atoms with E-state index in [-0.39, 0.29) is 0 Å². The third-order valence-corrected chi connectivity index (χ3v) is 5.70. The molecule has 0 bridgehead atoms. The van der Waals surface area contributed by atoms with Crippen molar-refractivity contribution in [1.82, 2.24) is 4.90 Å². The second-order valence-corrected chi connectivity index (χ2v) is 7.35. The number of likely N-dealkylation sites (tertiary alicyclic amines) is 1. The number of carbonyl (C=O) groups excluding carboxylic acids is 1. The fourth-order valence-corrected chi connectivity index (χ4v) is 3.93. The van der Waals surface area contributed by atoms with Gasteiger partial charge in [-0.1, -0.05) is 13.3 Å². The summed E-state index contributed by atoms with van der Waals surface area (Å²) in [6.45, 7) is 5.52. The summed E-state index contributed by atoms with van der Waals surface area (Å²) in [5.41, 5.74) is 5.23. The van der Waals surface area contributed by atoms with Gasteiger partial charge in [0.05, 0.1) is 12.2 Å². The molecule has 1 saturated heterocycles. The van der Waals surface area contributed by atoms with Gasteiger partial charge < -0.3 is 15.6 Å². The van der Waals surface area contributed by atoms with Crippen LogP contribution in [-0.4, -0.2) is 47.8 Å². The summed E-state index contributed by atoms with van der Waals surface area (Å²) < 4.78 is 5.72. The summed E-state index contributed by atoms with van der Waals surface area (Å²) in [7, 11) is 0. The SMILES string of the molecule is C[C@@H]1CN(CCCOc2ccc(C(N)=O)cc2)C[C@@]1(O)C1CCC1. The molecule has 1 saturated carbocycles. The molecule has 0 spiro atoms. The van der Waals surface area contributed by atoms with Crippen molar-refractivity contribution in [3.05, 3.63) is 29.8 Å². The summed E-state index contributed by atoms with van der Waals surface area (Å²) in [6, 6.07) is 6.90. The van der Waals surface area contributed by atoms with Crippen molar-refractivity contribution < 1.29 is 14.6 Å². The monoisotopic (exact) mass is 332 g/mol. The average Bonchev–Trinajstić information content (AvgIpc) is 2.77. The molecule has 0 radical (unpaired) electrons. The maximum absolute atomic E-state index is 11.0. The van der Waals surface area contributed by atoms with Crippen molar-refractivity contribution in [2.24, 2.45) is 17.6 Å². The molecule has 5 nitrogen and oxygen atoms in total. The quantitative estimate of drug-likeness (QED) is 0.749. The Kier molecular flexibility index (Phi) is 5.11. The molecule has 3 rings (SSSR count). The molecule has 1 aliphatic carbocycles. The highest BCUT2D eigenvalue weighted by Crippen LogP contribution is 2.44. The van der Waals surface area contributed by atoms with E-state index in [0.717, 1.165) is 31.8 Å². The van der Waals surface area contributed by atoms with Gasteiger partial charge in [-0.15, -0.1) is 0 Å². The lowest BCUT2D eigenvalue weighted by Crippen LogP contribution is -2.47. The number of ether oxygens (including phenoxy) is 1. The molecule has 0 aromatic heterocycles. The van der Waals surface area contributed by atoms with Crippen LogP contribution in [0.4, 0.5) is 0 Å². The Morgan fingerprint density at radius 1 is 1.38 bits per heavy atom. The number of β-amino-alcohol motifs (C(OH)–C–C–N with tert-alkyl or cyclic N) is 1. The van der Waals surface area contributed by atoms with Crippen LogP contribution in [0.25, 0.3) is 0 Å². The second-order valence-electron chi connectivity index (χ2n) is 7.35. The van der Waals surface area contributed by atoms with E-state index in [1.165, 1.54) is 19.3 Å². The number of nitrogens with two attached hydrogens (primary N) is 1. The molecule has 5 heteroatoms. The van der Waals surface area contributed by atoms with E-state index in [4.69, 9.17) is 10.5 Å². The predicted octanol–water partition coefficient (Wildman–Crippen LogP) is 2.04. The predicted molar refractivity (Wildman–Crippen MR) is 93.0 cm³/mol. The minimum Gasteiger partial charge on any atom is -0.494 e. The maximum Gasteiger partial charge on any atom is 0.248 e. The van der Waals surface area contributed by atoms with E-state index in [9.17, 15) is 9.90 Å². The number of hydrogen-bond acceptors (Lipinski definition) is 4. The molecule has 132 valence electrons. The highest BCUT2D eigenvalue weighted by atomic mass is 16.5. The summed E-state index contributed by atoms with van der Waals surface area (Å²) >= 11 is 0. The molecule has 1 aromatic carbocycles. The molecule has 1 aliphatic heterocycles. The van der Waals surface area contributed by atoms with E-state index < -0.39 is 11.5 Å². The van der Waals surface area contributed by atoms with E-state index in [1.54, 1.807) is 24.3 Å². The van der Waals surface area contributed by atoms with Gasteiger partial charge in [-0.2, -0.15) is 0 Å². The Bertz CT molecular complexity index is 570. The Balaban J connectivity index is 1.40. The molecule has 1 amide bonds. The zero-order valence-corrected chi connectivity index (χ0v) is 14.4. The van der Waals surface area contributed by atoms with Gasteiger partial charge in [0.1, 0.15) is 5.75 Å². The van der Waals surface area contributed by atoms with Crippen LogP contribution in [0.15, 0.2) is 24.3 Å².